The second kappa shape index (κ2) is 5.34. The Morgan fingerprint density at radius 2 is 2.00 bits per heavy atom. The number of halogens is 3. The monoisotopic (exact) mass is 302 g/mol. The number of carboxylic acids is 1. The van der Waals surface area contributed by atoms with Gasteiger partial charge in [-0.05, 0) is 12.0 Å². The number of aliphatic carboxylic acids is 1. The zero-order chi connectivity index (χ0) is 15.8. The highest BCUT2D eigenvalue weighted by Gasteiger charge is 2.38. The Morgan fingerprint density at radius 3 is 2.52 bits per heavy atom. The molecule has 8 heteroatoms. The third kappa shape index (κ3) is 3.14. The van der Waals surface area contributed by atoms with E-state index >= 15 is 0 Å². The van der Waals surface area contributed by atoms with Gasteiger partial charge in [0.25, 0.3) is 5.91 Å². The number of hydrogen-bond donors (Lipinski definition) is 1. The van der Waals surface area contributed by atoms with Crippen LogP contribution in [0.5, 0.6) is 0 Å². The molecule has 2 atom stereocenters. The lowest BCUT2D eigenvalue weighted by Gasteiger charge is -2.16. The lowest BCUT2D eigenvalue weighted by atomic mass is 9.99. The molecule has 1 aliphatic rings. The summed E-state index contributed by atoms with van der Waals surface area (Å²) in [4.78, 5) is 27.9. The first-order valence-electron chi connectivity index (χ1n) is 6.24. The van der Waals surface area contributed by atoms with Gasteiger partial charge in [0.2, 0.25) is 0 Å². The molecule has 1 saturated heterocycles. The van der Waals surface area contributed by atoms with Crippen molar-refractivity contribution in [3.63, 3.8) is 0 Å². The summed E-state index contributed by atoms with van der Waals surface area (Å²) in [7, 11) is 0. The first-order valence-corrected chi connectivity index (χ1v) is 6.24. The van der Waals surface area contributed by atoms with Gasteiger partial charge in [0, 0.05) is 25.5 Å². The van der Waals surface area contributed by atoms with E-state index in [1.807, 2.05) is 0 Å². The topological polar surface area (TPSA) is 70.5 Å². The Hall–Kier alpha value is -2.12. The zero-order valence-electron chi connectivity index (χ0n) is 11.1. The van der Waals surface area contributed by atoms with Crippen LogP contribution in [0.1, 0.15) is 22.8 Å². The normalized spacial score (nSPS) is 22.4. The molecule has 2 heterocycles. The van der Waals surface area contributed by atoms with Crippen LogP contribution >= 0.6 is 0 Å². The van der Waals surface area contributed by atoms with Crippen LogP contribution in [0.25, 0.3) is 0 Å². The second-order valence-electron chi connectivity index (χ2n) is 5.09. The molecule has 21 heavy (non-hydrogen) atoms. The number of carboxylic acid groups (broad SMARTS) is 1. The SMILES string of the molecule is C[C@@H]1CN(C(=O)c2cncc(C(F)(F)F)c2)C[C@H]1C(=O)O. The highest BCUT2D eigenvalue weighted by atomic mass is 19.4. The number of amides is 1. The number of aromatic nitrogens is 1. The van der Waals surface area contributed by atoms with Crippen molar-refractivity contribution < 1.29 is 27.9 Å². The van der Waals surface area contributed by atoms with Gasteiger partial charge in [0.1, 0.15) is 0 Å². The van der Waals surface area contributed by atoms with E-state index in [1.165, 1.54) is 4.90 Å². The molecule has 1 fully saturated rings. The van der Waals surface area contributed by atoms with Gasteiger partial charge in [-0.15, -0.1) is 0 Å². The van der Waals surface area contributed by atoms with Crippen molar-refractivity contribution in [2.24, 2.45) is 11.8 Å². The summed E-state index contributed by atoms with van der Waals surface area (Å²) in [5.41, 5.74) is -1.20. The Kier molecular flexibility index (Phi) is 3.89. The second-order valence-corrected chi connectivity index (χ2v) is 5.09. The molecular formula is C13H13F3N2O3. The van der Waals surface area contributed by atoms with Crippen molar-refractivity contribution in [1.82, 2.24) is 9.88 Å². The van der Waals surface area contributed by atoms with Gasteiger partial charge < -0.3 is 10.0 Å². The highest BCUT2D eigenvalue weighted by molar-refractivity contribution is 5.94. The molecule has 0 saturated carbocycles. The van der Waals surface area contributed by atoms with Crippen LogP contribution in [0.15, 0.2) is 18.5 Å². The molecule has 0 aromatic carbocycles. The van der Waals surface area contributed by atoms with Crippen LogP contribution < -0.4 is 0 Å². The van der Waals surface area contributed by atoms with E-state index in [4.69, 9.17) is 5.11 Å². The molecule has 5 nitrogen and oxygen atoms in total. The molecule has 0 spiro atoms. The van der Waals surface area contributed by atoms with Crippen LogP contribution in [0.2, 0.25) is 0 Å². The quantitative estimate of drug-likeness (QED) is 0.905. The molecule has 1 aromatic heterocycles. The van der Waals surface area contributed by atoms with E-state index in [0.717, 1.165) is 12.3 Å². The Labute approximate surface area is 118 Å². The van der Waals surface area contributed by atoms with Gasteiger partial charge >= 0.3 is 12.1 Å². The number of alkyl halides is 3. The van der Waals surface area contributed by atoms with Crippen molar-refractivity contribution in [1.29, 1.82) is 0 Å². The number of pyridine rings is 1. The minimum Gasteiger partial charge on any atom is -0.481 e. The third-order valence-electron chi connectivity index (χ3n) is 3.53. The van der Waals surface area contributed by atoms with E-state index < -0.39 is 29.5 Å². The van der Waals surface area contributed by atoms with E-state index in [9.17, 15) is 22.8 Å². The number of carbonyl (C=O) groups is 2. The summed E-state index contributed by atoms with van der Waals surface area (Å²) in [6.45, 7) is 1.88. The fraction of sp³-hybridized carbons (Fsp3) is 0.462. The largest absolute Gasteiger partial charge is 0.481 e. The maximum Gasteiger partial charge on any atom is 0.417 e. The fourth-order valence-electron chi connectivity index (χ4n) is 2.35. The van der Waals surface area contributed by atoms with Gasteiger partial charge in [-0.3, -0.25) is 14.6 Å². The predicted octanol–water partition coefficient (Wildman–Crippen LogP) is 1.89. The summed E-state index contributed by atoms with van der Waals surface area (Å²) in [5.74, 6) is -2.60. The lowest BCUT2D eigenvalue weighted by Crippen LogP contribution is -2.30. The van der Waals surface area contributed by atoms with E-state index in [1.54, 1.807) is 6.92 Å². The maximum absolute atomic E-state index is 12.6. The predicted molar refractivity (Wildman–Crippen MR) is 65.4 cm³/mol. The molecule has 1 aliphatic heterocycles. The first-order chi connectivity index (χ1) is 9.70. The standard InChI is InChI=1S/C13H13F3N2O3/c1-7-5-18(6-10(7)12(20)21)11(19)8-2-9(4-17-3-8)13(14,15)16/h2-4,7,10H,5-6H2,1H3,(H,20,21)/t7-,10-/m1/s1. The number of carbonyl (C=O) groups excluding carboxylic acids is 1. The average molecular weight is 302 g/mol. The zero-order valence-corrected chi connectivity index (χ0v) is 11.1. The number of nitrogens with zero attached hydrogens (tertiary/aromatic N) is 2. The van der Waals surface area contributed by atoms with Crippen molar-refractivity contribution in [3.05, 3.63) is 29.6 Å². The third-order valence-corrected chi connectivity index (χ3v) is 3.53. The summed E-state index contributed by atoms with van der Waals surface area (Å²) in [5, 5.41) is 9.01. The molecule has 0 bridgehead atoms. The Morgan fingerprint density at radius 1 is 1.33 bits per heavy atom. The molecule has 1 N–H and O–H groups in total. The Bertz CT molecular complexity index is 574. The van der Waals surface area contributed by atoms with Crippen molar-refractivity contribution in [3.8, 4) is 0 Å². The van der Waals surface area contributed by atoms with Crippen molar-refractivity contribution in [2.75, 3.05) is 13.1 Å². The first kappa shape index (κ1) is 15.3. The summed E-state index contributed by atoms with van der Waals surface area (Å²) in [6, 6.07) is 0.730. The van der Waals surface area contributed by atoms with Crippen LogP contribution in [0.4, 0.5) is 13.2 Å². The molecule has 114 valence electrons. The fourth-order valence-corrected chi connectivity index (χ4v) is 2.35. The molecule has 0 aliphatic carbocycles. The Balaban J connectivity index is 2.20. The summed E-state index contributed by atoms with van der Waals surface area (Å²) >= 11 is 0. The number of rotatable bonds is 2. The average Bonchev–Trinajstić information content (AvgIpc) is 2.79. The molecule has 0 unspecified atom stereocenters. The number of hydrogen-bond acceptors (Lipinski definition) is 3. The highest BCUT2D eigenvalue weighted by Crippen LogP contribution is 2.30. The van der Waals surface area contributed by atoms with Gasteiger partial charge in [-0.1, -0.05) is 6.92 Å². The van der Waals surface area contributed by atoms with Crippen molar-refractivity contribution >= 4 is 11.9 Å². The summed E-state index contributed by atoms with van der Waals surface area (Å²) in [6.07, 6.45) is -2.88. The molecule has 1 aromatic rings. The molecular weight excluding hydrogens is 289 g/mol. The molecule has 1 amide bonds. The van der Waals surface area contributed by atoms with Crippen LogP contribution in [-0.4, -0.2) is 40.0 Å². The molecule has 2 rings (SSSR count). The van der Waals surface area contributed by atoms with Gasteiger partial charge in [0.05, 0.1) is 17.0 Å². The van der Waals surface area contributed by atoms with Crippen LogP contribution in [-0.2, 0) is 11.0 Å². The van der Waals surface area contributed by atoms with Gasteiger partial charge in [-0.2, -0.15) is 13.2 Å². The van der Waals surface area contributed by atoms with E-state index in [0.29, 0.717) is 6.20 Å². The van der Waals surface area contributed by atoms with E-state index in [-0.39, 0.29) is 24.6 Å². The van der Waals surface area contributed by atoms with Gasteiger partial charge in [0.15, 0.2) is 0 Å². The molecule has 0 radical (unpaired) electrons. The maximum atomic E-state index is 12.6. The smallest absolute Gasteiger partial charge is 0.417 e. The van der Waals surface area contributed by atoms with Crippen molar-refractivity contribution in [2.45, 2.75) is 13.1 Å². The van der Waals surface area contributed by atoms with Gasteiger partial charge in [-0.25, -0.2) is 0 Å². The van der Waals surface area contributed by atoms with Crippen LogP contribution in [0.3, 0.4) is 0 Å². The lowest BCUT2D eigenvalue weighted by molar-refractivity contribution is -0.142. The summed E-state index contributed by atoms with van der Waals surface area (Å²) < 4.78 is 37.8. The van der Waals surface area contributed by atoms with Crippen LogP contribution in [0, 0.1) is 11.8 Å². The van der Waals surface area contributed by atoms with E-state index in [2.05, 4.69) is 4.98 Å². The number of likely N-dealkylation sites (tertiary alicyclic amines) is 1. The minimum absolute atomic E-state index is 0.00835. The minimum atomic E-state index is -4.58.